The van der Waals surface area contributed by atoms with Crippen molar-refractivity contribution in [1.29, 1.82) is 0 Å². The molecule has 2 aromatic rings. The van der Waals surface area contributed by atoms with Gasteiger partial charge in [0.2, 0.25) is 0 Å². The number of nitro groups is 2. The van der Waals surface area contributed by atoms with Gasteiger partial charge in [-0.05, 0) is 31.2 Å². The van der Waals surface area contributed by atoms with Crippen molar-refractivity contribution in [3.8, 4) is 0 Å². The van der Waals surface area contributed by atoms with Gasteiger partial charge in [0.1, 0.15) is 5.69 Å². The quantitative estimate of drug-likeness (QED) is 0.488. The minimum Gasteiger partial charge on any atom is -0.462 e. The molecule has 0 aliphatic rings. The standard InChI is InChI=1S/C15H13N3O6/c1-2-24-15(19)10-4-3-5-11(8-10)16-13-7-6-12(17(20)21)9-14(13)18(22)23/h3-9,16H,2H2,1H3. The Balaban J connectivity index is 2.34. The number of benzene rings is 2. The van der Waals surface area contributed by atoms with Crippen molar-refractivity contribution in [1.82, 2.24) is 0 Å². The number of nitrogens with one attached hydrogen (secondary N) is 1. The van der Waals surface area contributed by atoms with Gasteiger partial charge in [0.15, 0.2) is 0 Å². The van der Waals surface area contributed by atoms with Gasteiger partial charge in [-0.1, -0.05) is 6.07 Å². The van der Waals surface area contributed by atoms with Crippen molar-refractivity contribution >= 4 is 28.7 Å². The van der Waals surface area contributed by atoms with Gasteiger partial charge in [0, 0.05) is 11.8 Å². The molecular formula is C15H13N3O6. The number of hydrogen-bond donors (Lipinski definition) is 1. The van der Waals surface area contributed by atoms with Gasteiger partial charge in [-0.15, -0.1) is 0 Å². The van der Waals surface area contributed by atoms with Crippen LogP contribution in [-0.2, 0) is 4.74 Å². The van der Waals surface area contributed by atoms with Crippen molar-refractivity contribution < 1.29 is 19.4 Å². The molecule has 0 spiro atoms. The lowest BCUT2D eigenvalue weighted by molar-refractivity contribution is -0.393. The third-order valence-corrected chi connectivity index (χ3v) is 3.04. The van der Waals surface area contributed by atoms with Gasteiger partial charge in [-0.25, -0.2) is 4.79 Å². The minimum atomic E-state index is -0.718. The van der Waals surface area contributed by atoms with E-state index in [0.29, 0.717) is 5.69 Å². The summed E-state index contributed by atoms with van der Waals surface area (Å²) in [6.45, 7) is 1.91. The van der Waals surface area contributed by atoms with Crippen molar-refractivity contribution in [3.05, 3.63) is 68.3 Å². The third kappa shape index (κ3) is 3.83. The van der Waals surface area contributed by atoms with E-state index in [-0.39, 0.29) is 23.5 Å². The van der Waals surface area contributed by atoms with Crippen LogP contribution in [0.25, 0.3) is 0 Å². The van der Waals surface area contributed by atoms with Crippen LogP contribution in [0.4, 0.5) is 22.7 Å². The van der Waals surface area contributed by atoms with Gasteiger partial charge in [0.05, 0.1) is 28.1 Å². The van der Waals surface area contributed by atoms with Gasteiger partial charge in [0.25, 0.3) is 11.4 Å². The summed E-state index contributed by atoms with van der Waals surface area (Å²) in [5, 5.41) is 24.6. The van der Waals surface area contributed by atoms with Crippen molar-refractivity contribution in [2.24, 2.45) is 0 Å². The van der Waals surface area contributed by atoms with E-state index in [1.54, 1.807) is 25.1 Å². The largest absolute Gasteiger partial charge is 0.462 e. The third-order valence-electron chi connectivity index (χ3n) is 3.04. The van der Waals surface area contributed by atoms with E-state index < -0.39 is 21.5 Å². The maximum Gasteiger partial charge on any atom is 0.338 e. The minimum absolute atomic E-state index is 0.0756. The first-order valence-corrected chi connectivity index (χ1v) is 6.89. The molecule has 0 aromatic heterocycles. The Morgan fingerprint density at radius 2 is 1.88 bits per heavy atom. The molecule has 2 aromatic carbocycles. The molecule has 0 saturated carbocycles. The topological polar surface area (TPSA) is 125 Å². The van der Waals surface area contributed by atoms with Crippen molar-refractivity contribution in [2.45, 2.75) is 6.92 Å². The molecule has 0 unspecified atom stereocenters. The van der Waals surface area contributed by atoms with Crippen LogP contribution in [-0.4, -0.2) is 22.4 Å². The van der Waals surface area contributed by atoms with E-state index in [2.05, 4.69) is 5.32 Å². The molecule has 2 rings (SSSR count). The lowest BCUT2D eigenvalue weighted by Crippen LogP contribution is -2.05. The summed E-state index contributed by atoms with van der Waals surface area (Å²) in [7, 11) is 0. The lowest BCUT2D eigenvalue weighted by atomic mass is 10.2. The first kappa shape index (κ1) is 16.9. The predicted molar refractivity (Wildman–Crippen MR) is 85.4 cm³/mol. The van der Waals surface area contributed by atoms with E-state index in [4.69, 9.17) is 4.74 Å². The fourth-order valence-electron chi connectivity index (χ4n) is 1.98. The van der Waals surface area contributed by atoms with Crippen LogP contribution >= 0.6 is 0 Å². The first-order valence-electron chi connectivity index (χ1n) is 6.89. The number of nitro benzene ring substituents is 2. The zero-order valence-electron chi connectivity index (χ0n) is 12.6. The van der Waals surface area contributed by atoms with Gasteiger partial charge >= 0.3 is 5.97 Å². The molecule has 0 amide bonds. The van der Waals surface area contributed by atoms with Crippen LogP contribution in [0.3, 0.4) is 0 Å². The Morgan fingerprint density at radius 1 is 1.12 bits per heavy atom. The number of rotatable bonds is 6. The lowest BCUT2D eigenvalue weighted by Gasteiger charge is -2.08. The molecule has 0 saturated heterocycles. The summed E-state index contributed by atoms with van der Waals surface area (Å²) in [5.41, 5.74) is -0.0474. The molecule has 9 nitrogen and oxygen atoms in total. The molecule has 124 valence electrons. The molecule has 1 N–H and O–H groups in total. The number of nitrogens with zero attached hydrogens (tertiary/aromatic N) is 2. The smallest absolute Gasteiger partial charge is 0.338 e. The Kier molecular flexibility index (Phi) is 5.05. The van der Waals surface area contributed by atoms with E-state index in [1.807, 2.05) is 0 Å². The summed E-state index contributed by atoms with van der Waals surface area (Å²) in [6.07, 6.45) is 0. The van der Waals surface area contributed by atoms with Gasteiger partial charge in [-0.3, -0.25) is 20.2 Å². The average molecular weight is 331 g/mol. The molecule has 0 heterocycles. The Bertz CT molecular complexity index is 806. The second-order valence-corrected chi connectivity index (χ2v) is 4.64. The zero-order valence-corrected chi connectivity index (χ0v) is 12.6. The molecule has 0 aliphatic heterocycles. The molecule has 24 heavy (non-hydrogen) atoms. The molecular weight excluding hydrogens is 318 g/mol. The number of non-ortho nitro benzene ring substituents is 1. The van der Waals surface area contributed by atoms with Crippen LogP contribution in [0, 0.1) is 20.2 Å². The fourth-order valence-corrected chi connectivity index (χ4v) is 1.98. The van der Waals surface area contributed by atoms with Crippen LogP contribution in [0.5, 0.6) is 0 Å². The fraction of sp³-hybridized carbons (Fsp3) is 0.133. The van der Waals surface area contributed by atoms with Gasteiger partial charge in [-0.2, -0.15) is 0 Å². The number of esters is 1. The summed E-state index contributed by atoms with van der Waals surface area (Å²) < 4.78 is 4.89. The van der Waals surface area contributed by atoms with Crippen LogP contribution in [0.1, 0.15) is 17.3 Å². The van der Waals surface area contributed by atoms with E-state index in [1.165, 1.54) is 12.1 Å². The van der Waals surface area contributed by atoms with Crippen molar-refractivity contribution in [3.63, 3.8) is 0 Å². The molecule has 0 radical (unpaired) electrons. The number of anilines is 2. The Labute approximate surface area is 136 Å². The highest BCUT2D eigenvalue weighted by Gasteiger charge is 2.19. The zero-order chi connectivity index (χ0) is 17.7. The second-order valence-electron chi connectivity index (χ2n) is 4.64. The molecule has 0 atom stereocenters. The normalized spacial score (nSPS) is 10.0. The predicted octanol–water partition coefficient (Wildman–Crippen LogP) is 3.42. The summed E-state index contributed by atoms with van der Waals surface area (Å²) in [6, 6.07) is 9.49. The second kappa shape index (κ2) is 7.18. The summed E-state index contributed by atoms with van der Waals surface area (Å²) in [5.74, 6) is -0.514. The number of carbonyl (C=O) groups is 1. The summed E-state index contributed by atoms with van der Waals surface area (Å²) >= 11 is 0. The highest BCUT2D eigenvalue weighted by Crippen LogP contribution is 2.31. The number of carbonyl (C=O) groups excluding carboxylic acids is 1. The Hall–Kier alpha value is -3.49. The van der Waals surface area contributed by atoms with Crippen LogP contribution in [0.2, 0.25) is 0 Å². The van der Waals surface area contributed by atoms with E-state index >= 15 is 0 Å². The maximum atomic E-state index is 11.7. The molecule has 9 heteroatoms. The molecule has 0 bridgehead atoms. The summed E-state index contributed by atoms with van der Waals surface area (Å²) in [4.78, 5) is 32.1. The Morgan fingerprint density at radius 3 is 2.50 bits per heavy atom. The van der Waals surface area contributed by atoms with E-state index in [0.717, 1.165) is 12.1 Å². The molecule has 0 fully saturated rings. The van der Waals surface area contributed by atoms with Gasteiger partial charge < -0.3 is 10.1 Å². The van der Waals surface area contributed by atoms with Crippen LogP contribution in [0.15, 0.2) is 42.5 Å². The monoisotopic (exact) mass is 331 g/mol. The average Bonchev–Trinajstić information content (AvgIpc) is 2.55. The first-order chi connectivity index (χ1) is 11.4. The highest BCUT2D eigenvalue weighted by molar-refractivity contribution is 5.91. The number of ether oxygens (including phenoxy) is 1. The molecule has 0 aliphatic carbocycles. The highest BCUT2D eigenvalue weighted by atomic mass is 16.6. The van der Waals surface area contributed by atoms with E-state index in [9.17, 15) is 25.0 Å². The maximum absolute atomic E-state index is 11.7. The van der Waals surface area contributed by atoms with Crippen molar-refractivity contribution in [2.75, 3.05) is 11.9 Å². The van der Waals surface area contributed by atoms with Crippen LogP contribution < -0.4 is 5.32 Å². The SMILES string of the molecule is CCOC(=O)c1cccc(Nc2ccc([N+](=O)[O-])cc2[N+](=O)[O-])c1. The number of hydrogen-bond acceptors (Lipinski definition) is 7.